The Kier molecular flexibility index (Phi) is 4.61. The Morgan fingerprint density at radius 3 is 2.61 bits per heavy atom. The number of benzene rings is 1. The van der Waals surface area contributed by atoms with Gasteiger partial charge in [0.1, 0.15) is 0 Å². The molecule has 0 saturated carbocycles. The molecule has 1 fully saturated rings. The van der Waals surface area contributed by atoms with Gasteiger partial charge >= 0.3 is 0 Å². The van der Waals surface area contributed by atoms with Crippen molar-refractivity contribution < 1.29 is 13.6 Å². The molecule has 0 spiro atoms. The predicted molar refractivity (Wildman–Crippen MR) is 72.3 cm³/mol. The first-order valence-corrected chi connectivity index (χ1v) is 7.49. The Morgan fingerprint density at radius 1 is 1.33 bits per heavy atom. The molecule has 0 N–H and O–H groups in total. The van der Waals surface area contributed by atoms with Gasteiger partial charge in [-0.25, -0.2) is 8.78 Å². The molecule has 1 amide bonds. The fourth-order valence-corrected chi connectivity index (χ4v) is 3.13. The summed E-state index contributed by atoms with van der Waals surface area (Å²) in [4.78, 5) is 13.8. The van der Waals surface area contributed by atoms with Crippen LogP contribution in [0.5, 0.6) is 0 Å². The molecule has 0 aliphatic carbocycles. The number of amides is 1. The first-order valence-electron chi connectivity index (χ1n) is 5.54. The van der Waals surface area contributed by atoms with Crippen LogP contribution in [-0.2, 0) is 0 Å². The summed E-state index contributed by atoms with van der Waals surface area (Å²) in [6.07, 6.45) is -2.64. The van der Waals surface area contributed by atoms with Crippen molar-refractivity contribution in [3.8, 4) is 0 Å². The lowest BCUT2D eigenvalue weighted by atomic mass is 10.1. The molecule has 2 nitrogen and oxygen atoms in total. The number of nitrogens with zero attached hydrogens (tertiary/aromatic N) is 1. The van der Waals surface area contributed by atoms with Crippen molar-refractivity contribution in [2.24, 2.45) is 0 Å². The van der Waals surface area contributed by atoms with E-state index in [1.54, 1.807) is 22.7 Å². The summed E-state index contributed by atoms with van der Waals surface area (Å²) in [5.74, 6) is 1.44. The smallest absolute Gasteiger partial charge is 0.264 e. The molecule has 1 heterocycles. The molecule has 6 heteroatoms. The number of hydrogen-bond acceptors (Lipinski definition) is 2. The first kappa shape index (κ1) is 13.8. The van der Waals surface area contributed by atoms with Crippen molar-refractivity contribution in [1.29, 1.82) is 0 Å². The number of hydrogen-bond donors (Lipinski definition) is 0. The Bertz CT molecular complexity index is 450. The number of carbonyl (C=O) groups excluding carboxylic acids is 1. The number of alkyl halides is 2. The van der Waals surface area contributed by atoms with Gasteiger partial charge in [0.05, 0.1) is 0 Å². The SMILES string of the molecule is O=C(c1ccc(Br)cc1C(F)F)N1CCSCC1. The van der Waals surface area contributed by atoms with E-state index in [-0.39, 0.29) is 17.0 Å². The molecule has 18 heavy (non-hydrogen) atoms. The van der Waals surface area contributed by atoms with Gasteiger partial charge in [-0.05, 0) is 18.2 Å². The van der Waals surface area contributed by atoms with E-state index in [0.717, 1.165) is 11.5 Å². The van der Waals surface area contributed by atoms with Gasteiger partial charge in [0.25, 0.3) is 12.3 Å². The average molecular weight is 336 g/mol. The van der Waals surface area contributed by atoms with Crippen molar-refractivity contribution in [2.75, 3.05) is 24.6 Å². The van der Waals surface area contributed by atoms with Crippen LogP contribution in [0.3, 0.4) is 0 Å². The number of thioether (sulfide) groups is 1. The van der Waals surface area contributed by atoms with E-state index in [9.17, 15) is 13.6 Å². The van der Waals surface area contributed by atoms with E-state index in [4.69, 9.17) is 0 Å². The minimum Gasteiger partial charge on any atom is -0.337 e. The van der Waals surface area contributed by atoms with Crippen molar-refractivity contribution in [1.82, 2.24) is 4.90 Å². The van der Waals surface area contributed by atoms with Crippen molar-refractivity contribution >= 4 is 33.6 Å². The van der Waals surface area contributed by atoms with Crippen LogP contribution in [0.2, 0.25) is 0 Å². The number of carbonyl (C=O) groups is 1. The van der Waals surface area contributed by atoms with E-state index in [2.05, 4.69) is 15.9 Å². The monoisotopic (exact) mass is 335 g/mol. The second-order valence-corrected chi connectivity index (χ2v) is 6.08. The molecule has 1 aromatic rings. The normalized spacial score (nSPS) is 16.1. The van der Waals surface area contributed by atoms with Gasteiger partial charge in [0, 0.05) is 40.2 Å². The summed E-state index contributed by atoms with van der Waals surface area (Å²) in [5.41, 5.74) is -0.0901. The molecule has 0 radical (unpaired) electrons. The van der Waals surface area contributed by atoms with Crippen molar-refractivity contribution in [3.63, 3.8) is 0 Å². The molecule has 0 unspecified atom stereocenters. The second kappa shape index (κ2) is 6.02. The van der Waals surface area contributed by atoms with Gasteiger partial charge in [0.15, 0.2) is 0 Å². The summed E-state index contributed by atoms with van der Waals surface area (Å²) < 4.78 is 26.4. The van der Waals surface area contributed by atoms with Crippen LogP contribution in [0.1, 0.15) is 22.3 Å². The molecule has 2 rings (SSSR count). The second-order valence-electron chi connectivity index (χ2n) is 3.94. The molecule has 98 valence electrons. The van der Waals surface area contributed by atoms with Gasteiger partial charge < -0.3 is 4.90 Å². The van der Waals surface area contributed by atoms with Crippen molar-refractivity contribution in [3.05, 3.63) is 33.8 Å². The van der Waals surface area contributed by atoms with Crippen LogP contribution in [0.4, 0.5) is 8.78 Å². The van der Waals surface area contributed by atoms with Gasteiger partial charge in [-0.2, -0.15) is 11.8 Å². The zero-order valence-corrected chi connectivity index (χ0v) is 11.9. The molecule has 1 aliphatic heterocycles. The Labute approximate surface area is 117 Å². The third-order valence-electron chi connectivity index (χ3n) is 2.78. The van der Waals surface area contributed by atoms with E-state index in [1.165, 1.54) is 12.1 Å². The van der Waals surface area contributed by atoms with Gasteiger partial charge in [-0.1, -0.05) is 15.9 Å². The zero-order valence-electron chi connectivity index (χ0n) is 9.54. The lowest BCUT2D eigenvalue weighted by Gasteiger charge is -2.27. The van der Waals surface area contributed by atoms with Crippen molar-refractivity contribution in [2.45, 2.75) is 6.43 Å². The van der Waals surface area contributed by atoms with Crippen LogP contribution < -0.4 is 0 Å². The highest BCUT2D eigenvalue weighted by Crippen LogP contribution is 2.27. The largest absolute Gasteiger partial charge is 0.337 e. The zero-order chi connectivity index (χ0) is 13.1. The van der Waals surface area contributed by atoms with Crippen LogP contribution in [0, 0.1) is 0 Å². The van der Waals surface area contributed by atoms with Gasteiger partial charge in [0.2, 0.25) is 0 Å². The van der Waals surface area contributed by atoms with E-state index in [1.807, 2.05) is 0 Å². The maximum absolute atomic E-state index is 12.9. The third-order valence-corrected chi connectivity index (χ3v) is 4.21. The minimum absolute atomic E-state index is 0.111. The summed E-state index contributed by atoms with van der Waals surface area (Å²) in [7, 11) is 0. The van der Waals surface area contributed by atoms with E-state index >= 15 is 0 Å². The number of halogens is 3. The standard InChI is InChI=1S/C12H12BrF2NOS/c13-8-1-2-9(10(7-8)11(14)15)12(17)16-3-5-18-6-4-16/h1-2,7,11H,3-6H2. The van der Waals surface area contributed by atoms with E-state index in [0.29, 0.717) is 17.6 Å². The maximum Gasteiger partial charge on any atom is 0.264 e. The fraction of sp³-hybridized carbons (Fsp3) is 0.417. The molecular weight excluding hydrogens is 324 g/mol. The maximum atomic E-state index is 12.9. The van der Waals surface area contributed by atoms with Crippen LogP contribution >= 0.6 is 27.7 Å². The fourth-order valence-electron chi connectivity index (χ4n) is 1.85. The summed E-state index contributed by atoms with van der Waals surface area (Å²) >= 11 is 4.92. The van der Waals surface area contributed by atoms with Crippen LogP contribution in [0.25, 0.3) is 0 Å². The highest BCUT2D eigenvalue weighted by molar-refractivity contribution is 9.10. The Balaban J connectivity index is 2.28. The molecule has 0 bridgehead atoms. The van der Waals surface area contributed by atoms with Gasteiger partial charge in [-0.15, -0.1) is 0 Å². The molecule has 1 saturated heterocycles. The average Bonchev–Trinajstić information content (AvgIpc) is 2.39. The molecule has 1 aliphatic rings. The Morgan fingerprint density at radius 2 is 2.00 bits per heavy atom. The predicted octanol–water partition coefficient (Wildman–Crippen LogP) is 3.58. The lowest BCUT2D eigenvalue weighted by molar-refractivity contribution is 0.0760. The summed E-state index contributed by atoms with van der Waals surface area (Å²) in [6, 6.07) is 4.41. The minimum atomic E-state index is -2.64. The molecule has 0 aromatic heterocycles. The lowest BCUT2D eigenvalue weighted by Crippen LogP contribution is -2.38. The molecule has 0 atom stereocenters. The quantitative estimate of drug-likeness (QED) is 0.823. The first-order chi connectivity index (χ1) is 8.59. The van der Waals surface area contributed by atoms with Crippen LogP contribution in [0.15, 0.2) is 22.7 Å². The third kappa shape index (κ3) is 3.03. The summed E-state index contributed by atoms with van der Waals surface area (Å²) in [6.45, 7) is 1.25. The molecule has 1 aromatic carbocycles. The van der Waals surface area contributed by atoms with Crippen LogP contribution in [-0.4, -0.2) is 35.4 Å². The highest BCUT2D eigenvalue weighted by Gasteiger charge is 2.24. The van der Waals surface area contributed by atoms with Gasteiger partial charge in [-0.3, -0.25) is 4.79 Å². The number of rotatable bonds is 2. The highest BCUT2D eigenvalue weighted by atomic mass is 79.9. The topological polar surface area (TPSA) is 20.3 Å². The van der Waals surface area contributed by atoms with E-state index < -0.39 is 6.43 Å². The summed E-state index contributed by atoms with van der Waals surface area (Å²) in [5, 5.41) is 0. The Hall–Kier alpha value is -0.620. The molecular formula is C12H12BrF2NOS.